The summed E-state index contributed by atoms with van der Waals surface area (Å²) in [6.07, 6.45) is 1.88. The first kappa shape index (κ1) is 14.0. The Morgan fingerprint density at radius 3 is 2.57 bits per heavy atom. The lowest BCUT2D eigenvalue weighted by atomic mass is 10.2. The molecule has 1 aliphatic rings. The number of piperazine rings is 1. The second kappa shape index (κ2) is 5.81. The van der Waals surface area contributed by atoms with Crippen LogP contribution >= 0.6 is 0 Å². The molecule has 0 aromatic carbocycles. The average Bonchev–Trinajstić information content (AvgIpc) is 2.93. The Hall–Kier alpha value is -1.95. The first-order chi connectivity index (χ1) is 10.1. The number of aryl methyl sites for hydroxylation is 2. The minimum atomic E-state index is 0.174. The Morgan fingerprint density at radius 1 is 1.19 bits per heavy atom. The third kappa shape index (κ3) is 3.05. The van der Waals surface area contributed by atoms with Gasteiger partial charge in [0.25, 0.3) is 0 Å². The molecule has 0 radical (unpaired) electrons. The van der Waals surface area contributed by atoms with E-state index in [2.05, 4.69) is 44.0 Å². The zero-order valence-corrected chi connectivity index (χ0v) is 12.8. The molecule has 0 aliphatic carbocycles. The molecule has 0 spiro atoms. The summed E-state index contributed by atoms with van der Waals surface area (Å²) in [5.41, 5.74) is 2.31. The van der Waals surface area contributed by atoms with Crippen LogP contribution in [0.5, 0.6) is 0 Å². The first-order valence-corrected chi connectivity index (χ1v) is 7.35. The van der Waals surface area contributed by atoms with Crippen LogP contribution < -0.4 is 4.90 Å². The predicted molar refractivity (Wildman–Crippen MR) is 80.2 cm³/mol. The van der Waals surface area contributed by atoms with Gasteiger partial charge in [-0.25, -0.2) is 0 Å². The molecular weight excluding hydrogens is 266 g/mol. The Labute approximate surface area is 124 Å². The van der Waals surface area contributed by atoms with Crippen LogP contribution in [0.3, 0.4) is 0 Å². The summed E-state index contributed by atoms with van der Waals surface area (Å²) >= 11 is 0. The second-order valence-electron chi connectivity index (χ2n) is 5.53. The van der Waals surface area contributed by atoms with Crippen molar-refractivity contribution in [1.82, 2.24) is 20.0 Å². The van der Waals surface area contributed by atoms with E-state index in [1.807, 2.05) is 20.0 Å². The summed E-state index contributed by atoms with van der Waals surface area (Å²) in [5.74, 6) is 1.41. The van der Waals surface area contributed by atoms with Crippen LogP contribution in [0.2, 0.25) is 0 Å². The maximum Gasteiger partial charge on any atom is 0.243 e. The number of aromatic nitrogens is 3. The van der Waals surface area contributed by atoms with Crippen LogP contribution in [0.1, 0.15) is 30.4 Å². The SMILES string of the molecule is Cc1cc(N2CCN(C(C)c3nc(C)no3)CC2)ccn1. The Morgan fingerprint density at radius 2 is 1.95 bits per heavy atom. The normalized spacial score (nSPS) is 18.0. The fourth-order valence-corrected chi connectivity index (χ4v) is 2.73. The smallest absolute Gasteiger partial charge is 0.243 e. The summed E-state index contributed by atoms with van der Waals surface area (Å²) in [4.78, 5) is 13.4. The Balaban J connectivity index is 1.62. The summed E-state index contributed by atoms with van der Waals surface area (Å²) in [5, 5.41) is 3.87. The van der Waals surface area contributed by atoms with Gasteiger partial charge < -0.3 is 9.42 Å². The molecule has 1 unspecified atom stereocenters. The van der Waals surface area contributed by atoms with Gasteiger partial charge in [-0.1, -0.05) is 5.16 Å². The lowest BCUT2D eigenvalue weighted by molar-refractivity contribution is 0.164. The van der Waals surface area contributed by atoms with Gasteiger partial charge in [-0.05, 0) is 32.9 Å². The molecule has 0 amide bonds. The molecule has 2 aromatic rings. The van der Waals surface area contributed by atoms with Crippen LogP contribution in [0.4, 0.5) is 5.69 Å². The fraction of sp³-hybridized carbons (Fsp3) is 0.533. The van der Waals surface area contributed by atoms with Crippen LogP contribution in [0.15, 0.2) is 22.9 Å². The highest BCUT2D eigenvalue weighted by Gasteiger charge is 2.25. The topological polar surface area (TPSA) is 58.3 Å². The van der Waals surface area contributed by atoms with Crippen LogP contribution in [0, 0.1) is 13.8 Å². The number of rotatable bonds is 3. The number of pyridine rings is 1. The van der Waals surface area contributed by atoms with Gasteiger partial charge in [0.2, 0.25) is 5.89 Å². The van der Waals surface area contributed by atoms with Crippen LogP contribution in [-0.2, 0) is 0 Å². The molecule has 1 atom stereocenters. The van der Waals surface area contributed by atoms with E-state index in [0.717, 1.165) is 31.9 Å². The largest absolute Gasteiger partial charge is 0.369 e. The van der Waals surface area contributed by atoms with E-state index < -0.39 is 0 Å². The molecule has 3 rings (SSSR count). The summed E-state index contributed by atoms with van der Waals surface area (Å²) in [7, 11) is 0. The van der Waals surface area contributed by atoms with E-state index in [1.165, 1.54) is 5.69 Å². The van der Waals surface area contributed by atoms with Gasteiger partial charge in [0.05, 0.1) is 6.04 Å². The zero-order valence-electron chi connectivity index (χ0n) is 12.8. The van der Waals surface area contributed by atoms with Gasteiger partial charge in [-0.3, -0.25) is 9.88 Å². The van der Waals surface area contributed by atoms with Crippen LogP contribution in [0.25, 0.3) is 0 Å². The van der Waals surface area contributed by atoms with Crippen molar-refractivity contribution >= 4 is 5.69 Å². The van der Waals surface area contributed by atoms with Crippen molar-refractivity contribution in [2.75, 3.05) is 31.1 Å². The average molecular weight is 287 g/mol. The monoisotopic (exact) mass is 287 g/mol. The molecule has 6 heteroatoms. The van der Waals surface area contributed by atoms with E-state index >= 15 is 0 Å². The van der Waals surface area contributed by atoms with E-state index in [1.54, 1.807) is 0 Å². The number of anilines is 1. The van der Waals surface area contributed by atoms with E-state index in [0.29, 0.717) is 11.7 Å². The molecule has 0 bridgehead atoms. The van der Waals surface area contributed by atoms with Crippen molar-refractivity contribution in [2.45, 2.75) is 26.8 Å². The summed E-state index contributed by atoms with van der Waals surface area (Å²) in [6, 6.07) is 4.39. The molecule has 6 nitrogen and oxygen atoms in total. The zero-order chi connectivity index (χ0) is 14.8. The second-order valence-corrected chi connectivity index (χ2v) is 5.53. The molecule has 1 saturated heterocycles. The lowest BCUT2D eigenvalue weighted by Gasteiger charge is -2.38. The Bertz CT molecular complexity index is 604. The molecule has 0 saturated carbocycles. The molecule has 0 N–H and O–H groups in total. The molecule has 2 aromatic heterocycles. The van der Waals surface area contributed by atoms with Crippen molar-refractivity contribution < 1.29 is 4.52 Å². The fourth-order valence-electron chi connectivity index (χ4n) is 2.73. The van der Waals surface area contributed by atoms with Gasteiger partial charge in [0, 0.05) is 43.8 Å². The van der Waals surface area contributed by atoms with Crippen molar-refractivity contribution in [3.63, 3.8) is 0 Å². The highest BCUT2D eigenvalue weighted by Crippen LogP contribution is 2.22. The van der Waals surface area contributed by atoms with Crippen LogP contribution in [-0.4, -0.2) is 46.2 Å². The molecule has 3 heterocycles. The van der Waals surface area contributed by atoms with Crippen molar-refractivity contribution in [1.29, 1.82) is 0 Å². The quantitative estimate of drug-likeness (QED) is 0.860. The van der Waals surface area contributed by atoms with Gasteiger partial charge in [0.1, 0.15) is 0 Å². The third-order valence-corrected chi connectivity index (χ3v) is 4.01. The van der Waals surface area contributed by atoms with Crippen molar-refractivity contribution in [3.05, 3.63) is 35.7 Å². The lowest BCUT2D eigenvalue weighted by Crippen LogP contribution is -2.47. The first-order valence-electron chi connectivity index (χ1n) is 7.35. The minimum absolute atomic E-state index is 0.174. The molecule has 112 valence electrons. The number of nitrogens with zero attached hydrogens (tertiary/aromatic N) is 5. The maximum absolute atomic E-state index is 5.28. The molecule has 21 heavy (non-hydrogen) atoms. The van der Waals surface area contributed by atoms with Gasteiger partial charge in [-0.2, -0.15) is 4.98 Å². The highest BCUT2D eigenvalue weighted by molar-refractivity contribution is 5.46. The molecule has 1 aliphatic heterocycles. The number of hydrogen-bond donors (Lipinski definition) is 0. The van der Waals surface area contributed by atoms with E-state index in [9.17, 15) is 0 Å². The third-order valence-electron chi connectivity index (χ3n) is 4.01. The van der Waals surface area contributed by atoms with E-state index in [-0.39, 0.29) is 6.04 Å². The molecule has 1 fully saturated rings. The number of hydrogen-bond acceptors (Lipinski definition) is 6. The highest BCUT2D eigenvalue weighted by atomic mass is 16.5. The maximum atomic E-state index is 5.28. The van der Waals surface area contributed by atoms with Gasteiger partial charge in [-0.15, -0.1) is 0 Å². The standard InChI is InChI=1S/C15H21N5O/c1-11-10-14(4-5-16-11)20-8-6-19(7-9-20)12(2)15-17-13(3)18-21-15/h4-5,10,12H,6-9H2,1-3H3. The molecular formula is C15H21N5O. The summed E-state index contributed by atoms with van der Waals surface area (Å²) < 4.78 is 5.28. The minimum Gasteiger partial charge on any atom is -0.369 e. The van der Waals surface area contributed by atoms with Crippen molar-refractivity contribution in [3.8, 4) is 0 Å². The van der Waals surface area contributed by atoms with Gasteiger partial charge >= 0.3 is 0 Å². The van der Waals surface area contributed by atoms with Crippen molar-refractivity contribution in [2.24, 2.45) is 0 Å². The summed E-state index contributed by atoms with van der Waals surface area (Å²) in [6.45, 7) is 9.98. The van der Waals surface area contributed by atoms with E-state index in [4.69, 9.17) is 4.52 Å². The Kier molecular flexibility index (Phi) is 3.88. The predicted octanol–water partition coefficient (Wildman–Crippen LogP) is 1.96. The van der Waals surface area contributed by atoms with Gasteiger partial charge in [0.15, 0.2) is 5.82 Å².